The maximum Gasteiger partial charge on any atom is 0.419 e. The summed E-state index contributed by atoms with van der Waals surface area (Å²) in [6, 6.07) is 3.30. The molecule has 0 aliphatic carbocycles. The number of alkyl halides is 3. The summed E-state index contributed by atoms with van der Waals surface area (Å²) in [6.07, 6.45) is -7.21. The van der Waals surface area contributed by atoms with E-state index in [9.17, 15) is 26.7 Å². The molecular formula is C12H14F3NO4S. The van der Waals surface area contributed by atoms with Gasteiger partial charge in [0.25, 0.3) is 0 Å². The van der Waals surface area contributed by atoms with E-state index in [2.05, 4.69) is 0 Å². The minimum atomic E-state index is -4.66. The Balaban J connectivity index is 2.32. The number of benzene rings is 1. The van der Waals surface area contributed by atoms with Crippen LogP contribution < -0.4 is 10.5 Å². The molecule has 118 valence electrons. The number of aliphatic hydroxyl groups is 1. The first-order chi connectivity index (χ1) is 9.62. The molecule has 1 aliphatic heterocycles. The average Bonchev–Trinajstić information content (AvgIpc) is 2.61. The smallest absolute Gasteiger partial charge is 0.419 e. The molecule has 0 aromatic heterocycles. The summed E-state index contributed by atoms with van der Waals surface area (Å²) >= 11 is 0. The summed E-state index contributed by atoms with van der Waals surface area (Å²) in [6.45, 7) is -0.0657. The molecule has 9 heteroatoms. The zero-order chi connectivity index (χ0) is 15.8. The molecule has 1 aromatic carbocycles. The molecule has 1 fully saturated rings. The van der Waals surface area contributed by atoms with Crippen molar-refractivity contribution >= 4 is 9.84 Å². The lowest BCUT2D eigenvalue weighted by Gasteiger charge is -2.20. The summed E-state index contributed by atoms with van der Waals surface area (Å²) in [7, 11) is -3.50. The van der Waals surface area contributed by atoms with Gasteiger partial charge in [-0.25, -0.2) is 8.42 Å². The first-order valence-corrected chi connectivity index (χ1v) is 7.90. The number of nitrogens with two attached hydrogens (primary N) is 1. The second kappa shape index (κ2) is 5.47. The topological polar surface area (TPSA) is 89.6 Å². The predicted molar refractivity (Wildman–Crippen MR) is 68.4 cm³/mol. The van der Waals surface area contributed by atoms with Crippen LogP contribution in [0.1, 0.15) is 11.1 Å². The Kier molecular flexibility index (Phi) is 4.18. The van der Waals surface area contributed by atoms with Gasteiger partial charge in [-0.3, -0.25) is 0 Å². The first-order valence-electron chi connectivity index (χ1n) is 6.08. The van der Waals surface area contributed by atoms with Crippen molar-refractivity contribution in [2.75, 3.05) is 11.5 Å². The highest BCUT2D eigenvalue weighted by Crippen LogP contribution is 2.37. The van der Waals surface area contributed by atoms with Gasteiger partial charge in [0.1, 0.15) is 18.0 Å². The Hall–Kier alpha value is -1.32. The SMILES string of the molecule is NCc1ccc(OC2CS(=O)(=O)CC2O)c(C(F)(F)F)c1. The van der Waals surface area contributed by atoms with Crippen molar-refractivity contribution in [2.45, 2.75) is 24.9 Å². The molecule has 0 amide bonds. The van der Waals surface area contributed by atoms with E-state index in [4.69, 9.17) is 10.5 Å². The van der Waals surface area contributed by atoms with Crippen molar-refractivity contribution in [3.05, 3.63) is 29.3 Å². The molecule has 0 saturated carbocycles. The van der Waals surface area contributed by atoms with Crippen LogP contribution in [0.3, 0.4) is 0 Å². The molecule has 1 aromatic rings. The zero-order valence-electron chi connectivity index (χ0n) is 10.8. The number of sulfone groups is 1. The van der Waals surface area contributed by atoms with Crippen molar-refractivity contribution in [1.82, 2.24) is 0 Å². The van der Waals surface area contributed by atoms with Crippen LogP contribution in [0.15, 0.2) is 18.2 Å². The van der Waals surface area contributed by atoms with E-state index < -0.39 is 51.0 Å². The van der Waals surface area contributed by atoms with Gasteiger partial charge in [-0.1, -0.05) is 6.07 Å². The third kappa shape index (κ3) is 3.66. The molecule has 1 aliphatic rings. The molecule has 21 heavy (non-hydrogen) atoms. The van der Waals surface area contributed by atoms with Crippen molar-refractivity contribution in [3.8, 4) is 5.75 Å². The number of hydrogen-bond acceptors (Lipinski definition) is 5. The van der Waals surface area contributed by atoms with Crippen LogP contribution in [0.5, 0.6) is 5.75 Å². The lowest BCUT2D eigenvalue weighted by molar-refractivity contribution is -0.139. The van der Waals surface area contributed by atoms with Gasteiger partial charge in [0.2, 0.25) is 0 Å². The fourth-order valence-corrected chi connectivity index (χ4v) is 3.76. The lowest BCUT2D eigenvalue weighted by Crippen LogP contribution is -2.30. The summed E-state index contributed by atoms with van der Waals surface area (Å²) in [5.74, 6) is -1.54. The Bertz CT molecular complexity index is 630. The normalized spacial score (nSPS) is 25.0. The second-order valence-corrected chi connectivity index (χ2v) is 6.99. The van der Waals surface area contributed by atoms with Gasteiger partial charge < -0.3 is 15.6 Å². The highest BCUT2D eigenvalue weighted by molar-refractivity contribution is 7.91. The third-order valence-corrected chi connectivity index (χ3v) is 4.82. The second-order valence-electron chi connectivity index (χ2n) is 4.83. The molecule has 5 nitrogen and oxygen atoms in total. The maximum absolute atomic E-state index is 13.0. The Labute approximate surface area is 119 Å². The van der Waals surface area contributed by atoms with Crippen LogP contribution in [0.2, 0.25) is 0 Å². The van der Waals surface area contributed by atoms with Crippen LogP contribution in [0, 0.1) is 0 Å². The van der Waals surface area contributed by atoms with Gasteiger partial charge in [-0.15, -0.1) is 0 Å². The van der Waals surface area contributed by atoms with Gasteiger partial charge in [-0.05, 0) is 17.7 Å². The van der Waals surface area contributed by atoms with E-state index in [0.717, 1.165) is 12.1 Å². The molecule has 0 spiro atoms. The van der Waals surface area contributed by atoms with Crippen LogP contribution in [-0.2, 0) is 22.6 Å². The lowest BCUT2D eigenvalue weighted by atomic mass is 10.1. The predicted octanol–water partition coefficient (Wildman–Crippen LogP) is 0.701. The largest absolute Gasteiger partial charge is 0.486 e. The first kappa shape index (κ1) is 16.1. The summed E-state index contributed by atoms with van der Waals surface area (Å²) in [5, 5.41) is 9.57. The molecule has 2 rings (SSSR count). The fraction of sp³-hybridized carbons (Fsp3) is 0.500. The van der Waals surface area contributed by atoms with E-state index >= 15 is 0 Å². The number of hydrogen-bond donors (Lipinski definition) is 2. The van der Waals surface area contributed by atoms with Gasteiger partial charge in [0.05, 0.1) is 17.1 Å². The average molecular weight is 325 g/mol. The number of ether oxygens (including phenoxy) is 1. The van der Waals surface area contributed by atoms with Crippen LogP contribution in [0.4, 0.5) is 13.2 Å². The van der Waals surface area contributed by atoms with Crippen molar-refractivity contribution < 1.29 is 31.4 Å². The molecule has 3 N–H and O–H groups in total. The monoisotopic (exact) mass is 325 g/mol. The minimum absolute atomic E-state index is 0.0657. The number of halogens is 3. The molecule has 1 saturated heterocycles. The van der Waals surface area contributed by atoms with Crippen molar-refractivity contribution in [3.63, 3.8) is 0 Å². The van der Waals surface area contributed by atoms with Gasteiger partial charge in [0.15, 0.2) is 9.84 Å². The molecular weight excluding hydrogens is 311 g/mol. The number of aliphatic hydroxyl groups excluding tert-OH is 1. The summed E-state index contributed by atoms with van der Waals surface area (Å²) in [5.41, 5.74) is 4.54. The molecule has 2 unspecified atom stereocenters. The standard InChI is InChI=1S/C12H14F3NO4S/c13-12(14,15)8-3-7(4-16)1-2-10(8)20-11-6-21(18,19)5-9(11)17/h1-3,9,11,17H,4-6,16H2. The van der Waals surface area contributed by atoms with E-state index in [-0.39, 0.29) is 12.1 Å². The van der Waals surface area contributed by atoms with E-state index in [1.807, 2.05) is 0 Å². The van der Waals surface area contributed by atoms with Crippen molar-refractivity contribution in [1.29, 1.82) is 0 Å². The molecule has 1 heterocycles. The van der Waals surface area contributed by atoms with Gasteiger partial charge in [0, 0.05) is 6.54 Å². The summed E-state index contributed by atoms with van der Waals surface area (Å²) < 4.78 is 66.7. The number of rotatable bonds is 3. The fourth-order valence-electron chi connectivity index (χ4n) is 2.10. The highest BCUT2D eigenvalue weighted by Gasteiger charge is 2.40. The third-order valence-electron chi connectivity index (χ3n) is 3.14. The highest BCUT2D eigenvalue weighted by atomic mass is 32.2. The van der Waals surface area contributed by atoms with Crippen LogP contribution >= 0.6 is 0 Å². The molecule has 2 atom stereocenters. The zero-order valence-corrected chi connectivity index (χ0v) is 11.6. The van der Waals surface area contributed by atoms with Crippen LogP contribution in [0.25, 0.3) is 0 Å². The molecule has 0 bridgehead atoms. The minimum Gasteiger partial charge on any atom is -0.486 e. The van der Waals surface area contributed by atoms with E-state index in [0.29, 0.717) is 0 Å². The van der Waals surface area contributed by atoms with Crippen LogP contribution in [-0.4, -0.2) is 37.2 Å². The molecule has 0 radical (unpaired) electrons. The van der Waals surface area contributed by atoms with Gasteiger partial charge >= 0.3 is 6.18 Å². The van der Waals surface area contributed by atoms with Gasteiger partial charge in [-0.2, -0.15) is 13.2 Å². The summed E-state index contributed by atoms with van der Waals surface area (Å²) in [4.78, 5) is 0. The Morgan fingerprint density at radius 3 is 2.48 bits per heavy atom. The Morgan fingerprint density at radius 1 is 1.33 bits per heavy atom. The van der Waals surface area contributed by atoms with E-state index in [1.165, 1.54) is 6.07 Å². The Morgan fingerprint density at radius 2 is 2.00 bits per heavy atom. The van der Waals surface area contributed by atoms with Crippen molar-refractivity contribution in [2.24, 2.45) is 5.73 Å². The maximum atomic E-state index is 13.0. The van der Waals surface area contributed by atoms with E-state index in [1.54, 1.807) is 0 Å². The quantitative estimate of drug-likeness (QED) is 0.854.